The van der Waals surface area contributed by atoms with E-state index in [4.69, 9.17) is 11.6 Å². The van der Waals surface area contributed by atoms with Gasteiger partial charge in [0.15, 0.2) is 4.34 Å². The maximum atomic E-state index is 13.2. The predicted octanol–water partition coefficient (Wildman–Crippen LogP) is 5.34. The van der Waals surface area contributed by atoms with Gasteiger partial charge in [-0.1, -0.05) is 83.8 Å². The van der Waals surface area contributed by atoms with Crippen molar-refractivity contribution in [2.75, 3.05) is 11.9 Å². The summed E-state index contributed by atoms with van der Waals surface area (Å²) in [7, 11) is 0. The first kappa shape index (κ1) is 22.7. The minimum Gasteiger partial charge on any atom is -0.360 e. The van der Waals surface area contributed by atoms with Crippen LogP contribution in [0, 0.1) is 5.92 Å². The zero-order chi connectivity index (χ0) is 22.6. The smallest absolute Gasteiger partial charge is 0.234 e. The number of nitrogens with zero attached hydrogens (tertiary/aromatic N) is 2. The van der Waals surface area contributed by atoms with Crippen molar-refractivity contribution in [2.24, 2.45) is 5.92 Å². The van der Waals surface area contributed by atoms with Crippen LogP contribution in [0.5, 0.6) is 0 Å². The van der Waals surface area contributed by atoms with Crippen molar-refractivity contribution in [1.82, 2.24) is 15.5 Å². The Balaban J connectivity index is 1.30. The third kappa shape index (κ3) is 5.36. The number of nitrogens with one attached hydrogen (secondary N) is 2. The molecule has 172 valence electrons. The number of thioether (sulfide) groups is 1. The zero-order valence-electron chi connectivity index (χ0n) is 18.2. The third-order valence-electron chi connectivity index (χ3n) is 6.56. The molecule has 3 aromatic rings. The molecule has 5 atom stereocenters. The molecule has 0 bridgehead atoms. The number of halogens is 1. The summed E-state index contributed by atoms with van der Waals surface area (Å²) in [5.41, 5.74) is 2.49. The Hall–Kier alpha value is -2.09. The number of rotatable bonds is 7. The minimum absolute atomic E-state index is 0.0944. The summed E-state index contributed by atoms with van der Waals surface area (Å²) >= 11 is 9.63. The highest BCUT2D eigenvalue weighted by molar-refractivity contribution is 8.02. The molecule has 2 N–H and O–H groups in total. The van der Waals surface area contributed by atoms with E-state index < -0.39 is 0 Å². The predicted molar refractivity (Wildman–Crippen MR) is 136 cm³/mol. The molecule has 33 heavy (non-hydrogen) atoms. The third-order valence-corrected chi connectivity index (χ3v) is 9.22. The fourth-order valence-corrected chi connectivity index (χ4v) is 7.56. The Morgan fingerprint density at radius 1 is 1.06 bits per heavy atom. The van der Waals surface area contributed by atoms with Gasteiger partial charge in [-0.3, -0.25) is 4.79 Å². The van der Waals surface area contributed by atoms with Crippen molar-refractivity contribution < 1.29 is 4.79 Å². The molecule has 1 aromatic heterocycles. The molecule has 5 nitrogen and oxygen atoms in total. The van der Waals surface area contributed by atoms with Crippen LogP contribution in [0.4, 0.5) is 5.13 Å². The Bertz CT molecular complexity index is 1060. The van der Waals surface area contributed by atoms with E-state index in [0.717, 1.165) is 41.7 Å². The number of amides is 1. The molecule has 1 aliphatic carbocycles. The Morgan fingerprint density at radius 3 is 2.61 bits per heavy atom. The van der Waals surface area contributed by atoms with Crippen LogP contribution in [0.2, 0.25) is 0 Å². The van der Waals surface area contributed by atoms with Crippen LogP contribution >= 0.6 is 34.7 Å². The van der Waals surface area contributed by atoms with Crippen molar-refractivity contribution in [3.63, 3.8) is 0 Å². The molecule has 1 saturated heterocycles. The van der Waals surface area contributed by atoms with Gasteiger partial charge in [-0.25, -0.2) is 0 Å². The number of aromatic nitrogens is 2. The van der Waals surface area contributed by atoms with E-state index in [-0.39, 0.29) is 28.5 Å². The van der Waals surface area contributed by atoms with Crippen LogP contribution in [-0.2, 0) is 11.2 Å². The fraction of sp³-hybridized carbons (Fsp3) is 0.400. The average molecular weight is 499 g/mol. The first-order chi connectivity index (χ1) is 16.2. The molecule has 5 unspecified atom stereocenters. The second kappa shape index (κ2) is 10.5. The highest BCUT2D eigenvalue weighted by atomic mass is 35.5. The minimum atomic E-state index is -0.249. The van der Waals surface area contributed by atoms with Crippen LogP contribution in [0.25, 0.3) is 0 Å². The van der Waals surface area contributed by atoms with Gasteiger partial charge in [0.1, 0.15) is 0 Å². The second-order valence-corrected chi connectivity index (χ2v) is 11.7. The number of carbonyl (C=O) groups excluding carboxylic acids is 1. The van der Waals surface area contributed by atoms with E-state index in [0.29, 0.717) is 5.92 Å². The van der Waals surface area contributed by atoms with E-state index >= 15 is 0 Å². The summed E-state index contributed by atoms with van der Waals surface area (Å²) in [6, 6.07) is 21.0. The molecule has 8 heteroatoms. The SMILES string of the molecule is O=C1NC2CCC(Cl)CC2C(c2ccccc2)C1Sc1nnc(NCCc2ccccc2)s1. The standard InChI is InChI=1S/C25H27ClN4OS2/c26-18-11-12-20-19(15-18)21(17-9-5-2-6-10-17)22(23(31)28-20)32-25-30-29-24(33-25)27-14-13-16-7-3-1-4-8-16/h1-10,18-22H,11-15H2,(H,27,29)(H,28,31). The molecule has 2 fully saturated rings. The van der Waals surface area contributed by atoms with Gasteiger partial charge in [0, 0.05) is 23.9 Å². The van der Waals surface area contributed by atoms with Crippen molar-refractivity contribution >= 4 is 45.7 Å². The van der Waals surface area contributed by atoms with E-state index in [9.17, 15) is 4.79 Å². The highest BCUT2D eigenvalue weighted by Crippen LogP contribution is 2.48. The Kier molecular flexibility index (Phi) is 7.19. The summed E-state index contributed by atoms with van der Waals surface area (Å²) in [6.45, 7) is 0.792. The topological polar surface area (TPSA) is 66.9 Å². The molecule has 2 aromatic carbocycles. The van der Waals surface area contributed by atoms with Gasteiger partial charge >= 0.3 is 0 Å². The maximum Gasteiger partial charge on any atom is 0.234 e. The van der Waals surface area contributed by atoms with Gasteiger partial charge in [-0.15, -0.1) is 21.8 Å². The molecule has 0 spiro atoms. The lowest BCUT2D eigenvalue weighted by Crippen LogP contribution is -2.57. The van der Waals surface area contributed by atoms with Crippen LogP contribution in [0.3, 0.4) is 0 Å². The number of anilines is 1. The van der Waals surface area contributed by atoms with Crippen molar-refractivity contribution in [3.8, 4) is 0 Å². The van der Waals surface area contributed by atoms with Gasteiger partial charge in [0.05, 0.1) is 5.25 Å². The Morgan fingerprint density at radius 2 is 1.82 bits per heavy atom. The molecular weight excluding hydrogens is 472 g/mol. The zero-order valence-corrected chi connectivity index (χ0v) is 20.6. The summed E-state index contributed by atoms with van der Waals surface area (Å²) in [5, 5.41) is 16.1. The summed E-state index contributed by atoms with van der Waals surface area (Å²) in [4.78, 5) is 13.2. The van der Waals surface area contributed by atoms with Crippen molar-refractivity contribution in [2.45, 2.75) is 52.6 Å². The van der Waals surface area contributed by atoms with Crippen LogP contribution in [-0.4, -0.2) is 39.3 Å². The Labute approximate surface area is 207 Å². The van der Waals surface area contributed by atoms with Crippen LogP contribution < -0.4 is 10.6 Å². The number of alkyl halides is 1. The molecule has 5 rings (SSSR count). The van der Waals surface area contributed by atoms with Gasteiger partial charge in [0.2, 0.25) is 11.0 Å². The summed E-state index contributed by atoms with van der Waals surface area (Å²) in [5.74, 6) is 0.530. The molecule has 2 heterocycles. The number of carbonyl (C=O) groups is 1. The molecule has 0 radical (unpaired) electrons. The number of hydrogen-bond acceptors (Lipinski definition) is 6. The monoisotopic (exact) mass is 498 g/mol. The number of hydrogen-bond donors (Lipinski definition) is 2. The maximum absolute atomic E-state index is 13.2. The van der Waals surface area contributed by atoms with Gasteiger partial charge in [-0.2, -0.15) is 0 Å². The summed E-state index contributed by atoms with van der Waals surface area (Å²) < 4.78 is 0.815. The second-order valence-electron chi connectivity index (χ2n) is 8.70. The lowest BCUT2D eigenvalue weighted by atomic mass is 9.69. The normalized spacial score (nSPS) is 26.9. The van der Waals surface area contributed by atoms with Crippen molar-refractivity contribution in [1.29, 1.82) is 0 Å². The van der Waals surface area contributed by atoms with Crippen LogP contribution in [0.15, 0.2) is 65.0 Å². The number of benzene rings is 2. The quantitative estimate of drug-likeness (QED) is 0.430. The largest absolute Gasteiger partial charge is 0.360 e. The van der Waals surface area contributed by atoms with E-state index in [1.807, 2.05) is 12.1 Å². The summed E-state index contributed by atoms with van der Waals surface area (Å²) in [6.07, 6.45) is 3.74. The van der Waals surface area contributed by atoms with E-state index in [1.54, 1.807) is 0 Å². The van der Waals surface area contributed by atoms with Gasteiger partial charge in [-0.05, 0) is 42.7 Å². The lowest BCUT2D eigenvalue weighted by molar-refractivity contribution is -0.125. The van der Waals surface area contributed by atoms with Gasteiger partial charge < -0.3 is 10.6 Å². The molecule has 2 aliphatic rings. The van der Waals surface area contributed by atoms with Crippen LogP contribution in [0.1, 0.15) is 36.3 Å². The van der Waals surface area contributed by atoms with E-state index in [1.165, 1.54) is 34.2 Å². The average Bonchev–Trinajstić information content (AvgIpc) is 3.28. The highest BCUT2D eigenvalue weighted by Gasteiger charge is 2.47. The number of piperidine rings is 1. The van der Waals surface area contributed by atoms with Crippen molar-refractivity contribution in [3.05, 3.63) is 71.8 Å². The van der Waals surface area contributed by atoms with Gasteiger partial charge in [0.25, 0.3) is 0 Å². The molecule has 1 amide bonds. The first-order valence-corrected chi connectivity index (χ1v) is 13.6. The van der Waals surface area contributed by atoms with E-state index in [2.05, 4.69) is 69.4 Å². The molecule has 1 saturated carbocycles. The first-order valence-electron chi connectivity index (χ1n) is 11.4. The molecular formula is C25H27ClN4OS2. The fourth-order valence-electron chi connectivity index (χ4n) is 5.00. The number of fused-ring (bicyclic) bond motifs is 1. The lowest BCUT2D eigenvalue weighted by Gasteiger charge is -2.46. The molecule has 1 aliphatic heterocycles.